The third-order valence-corrected chi connectivity index (χ3v) is 6.64. The molecule has 0 bridgehead atoms. The lowest BCUT2D eigenvalue weighted by atomic mass is 9.90. The van der Waals surface area contributed by atoms with Crippen LogP contribution in [0.3, 0.4) is 0 Å². The number of hydrogen-bond acceptors (Lipinski definition) is 3. The number of carbonyl (C=O) groups is 1. The molecule has 0 aliphatic carbocycles. The van der Waals surface area contributed by atoms with Gasteiger partial charge in [-0.25, -0.2) is 0 Å². The minimum atomic E-state index is 0.233. The topological polar surface area (TPSA) is 29.5 Å². The highest BCUT2D eigenvalue weighted by Gasteiger charge is 2.21. The van der Waals surface area contributed by atoms with Crippen LogP contribution in [0.5, 0.6) is 5.75 Å². The van der Waals surface area contributed by atoms with Crippen LogP contribution >= 0.6 is 27.7 Å². The third-order valence-electron chi connectivity index (χ3n) is 4.46. The Kier molecular flexibility index (Phi) is 8.24. The van der Waals surface area contributed by atoms with Crippen molar-refractivity contribution in [3.63, 3.8) is 0 Å². The molecule has 0 aromatic heterocycles. The molecule has 1 amide bonds. The second kappa shape index (κ2) is 10.2. The fourth-order valence-electron chi connectivity index (χ4n) is 2.83. The molecule has 0 saturated heterocycles. The second-order valence-electron chi connectivity index (χ2n) is 7.32. The summed E-state index contributed by atoms with van der Waals surface area (Å²) in [5.41, 5.74) is 1.94. The molecule has 2 rings (SSSR count). The molecule has 5 heteroatoms. The summed E-state index contributed by atoms with van der Waals surface area (Å²) in [5, 5.41) is 0. The SMILES string of the molecule is CCCCC(C)(C)CSc1cc(OC)c(Br)cc1N(C=O)c1ccccc1. The summed E-state index contributed by atoms with van der Waals surface area (Å²) >= 11 is 5.34. The van der Waals surface area contributed by atoms with Crippen molar-refractivity contribution >= 4 is 45.5 Å². The Bertz CT molecular complexity index is 749. The number of amides is 1. The number of halogens is 1. The van der Waals surface area contributed by atoms with E-state index in [1.165, 1.54) is 19.3 Å². The van der Waals surface area contributed by atoms with Gasteiger partial charge in [-0.15, -0.1) is 11.8 Å². The molecule has 0 aliphatic heterocycles. The first kappa shape index (κ1) is 21.8. The lowest BCUT2D eigenvalue weighted by Crippen LogP contribution is -2.17. The molecular weight excluding hydrogens is 422 g/mol. The molecule has 27 heavy (non-hydrogen) atoms. The van der Waals surface area contributed by atoms with Crippen molar-refractivity contribution in [2.45, 2.75) is 44.9 Å². The highest BCUT2D eigenvalue weighted by Crippen LogP contribution is 2.43. The summed E-state index contributed by atoms with van der Waals surface area (Å²) in [4.78, 5) is 14.7. The quantitative estimate of drug-likeness (QED) is 0.287. The van der Waals surface area contributed by atoms with Crippen molar-refractivity contribution in [2.24, 2.45) is 5.41 Å². The second-order valence-corrected chi connectivity index (χ2v) is 9.19. The lowest BCUT2D eigenvalue weighted by Gasteiger charge is -2.26. The Morgan fingerprint density at radius 2 is 1.93 bits per heavy atom. The number of carbonyl (C=O) groups excluding carboxylic acids is 1. The van der Waals surface area contributed by atoms with Gasteiger partial charge in [0.1, 0.15) is 5.75 Å². The number of para-hydroxylation sites is 1. The van der Waals surface area contributed by atoms with Gasteiger partial charge < -0.3 is 4.74 Å². The summed E-state index contributed by atoms with van der Waals surface area (Å²) in [7, 11) is 1.66. The van der Waals surface area contributed by atoms with E-state index in [2.05, 4.69) is 36.7 Å². The van der Waals surface area contributed by atoms with Crippen LogP contribution in [0.2, 0.25) is 0 Å². The average molecular weight is 450 g/mol. The van der Waals surface area contributed by atoms with Crippen LogP contribution < -0.4 is 9.64 Å². The van der Waals surface area contributed by atoms with E-state index in [-0.39, 0.29) is 5.41 Å². The molecule has 0 saturated carbocycles. The van der Waals surface area contributed by atoms with Crippen LogP contribution in [0.4, 0.5) is 11.4 Å². The number of nitrogens with zero attached hydrogens (tertiary/aromatic N) is 1. The Balaban J connectivity index is 2.38. The number of hydrogen-bond donors (Lipinski definition) is 0. The Hall–Kier alpha value is -1.46. The summed E-state index contributed by atoms with van der Waals surface area (Å²) in [6.45, 7) is 6.84. The van der Waals surface area contributed by atoms with Gasteiger partial charge in [-0.3, -0.25) is 9.69 Å². The van der Waals surface area contributed by atoms with Crippen LogP contribution in [0.15, 0.2) is 51.8 Å². The first-order chi connectivity index (χ1) is 12.9. The zero-order valence-corrected chi connectivity index (χ0v) is 18.9. The van der Waals surface area contributed by atoms with Crippen LogP contribution in [-0.4, -0.2) is 19.3 Å². The molecular formula is C22H28BrNO2S. The number of benzene rings is 2. The number of rotatable bonds is 10. The third kappa shape index (κ3) is 6.01. The lowest BCUT2D eigenvalue weighted by molar-refractivity contribution is -0.106. The zero-order valence-electron chi connectivity index (χ0n) is 16.5. The average Bonchev–Trinajstić information content (AvgIpc) is 2.67. The highest BCUT2D eigenvalue weighted by atomic mass is 79.9. The highest BCUT2D eigenvalue weighted by molar-refractivity contribution is 9.10. The van der Waals surface area contributed by atoms with E-state index in [1.54, 1.807) is 23.8 Å². The van der Waals surface area contributed by atoms with E-state index in [9.17, 15) is 4.79 Å². The van der Waals surface area contributed by atoms with E-state index in [1.807, 2.05) is 42.5 Å². The summed E-state index contributed by atoms with van der Waals surface area (Å²) in [6.07, 6.45) is 4.50. The molecule has 0 spiro atoms. The van der Waals surface area contributed by atoms with E-state index < -0.39 is 0 Å². The van der Waals surface area contributed by atoms with Gasteiger partial charge in [0.15, 0.2) is 0 Å². The Morgan fingerprint density at radius 1 is 1.22 bits per heavy atom. The van der Waals surface area contributed by atoms with Gasteiger partial charge in [-0.1, -0.05) is 51.8 Å². The molecule has 0 unspecified atom stereocenters. The van der Waals surface area contributed by atoms with Crippen molar-refractivity contribution in [2.75, 3.05) is 17.8 Å². The monoisotopic (exact) mass is 449 g/mol. The molecule has 0 heterocycles. The summed E-state index contributed by atoms with van der Waals surface area (Å²) in [6, 6.07) is 13.7. The number of ether oxygens (including phenoxy) is 1. The van der Waals surface area contributed by atoms with Gasteiger partial charge >= 0.3 is 0 Å². The molecule has 2 aromatic rings. The first-order valence-corrected chi connectivity index (χ1v) is 11.0. The molecule has 0 atom stereocenters. The van der Waals surface area contributed by atoms with E-state index in [4.69, 9.17) is 4.74 Å². The maximum Gasteiger partial charge on any atom is 0.218 e. The van der Waals surface area contributed by atoms with Gasteiger partial charge in [-0.05, 0) is 52.0 Å². The van der Waals surface area contributed by atoms with Crippen molar-refractivity contribution in [1.82, 2.24) is 0 Å². The molecule has 0 N–H and O–H groups in total. The van der Waals surface area contributed by atoms with Crippen molar-refractivity contribution < 1.29 is 9.53 Å². The van der Waals surface area contributed by atoms with Crippen molar-refractivity contribution in [3.8, 4) is 5.75 Å². The standard InChI is InChI=1S/C22H28BrNO2S/c1-5-6-12-22(2,3)15-27-21-14-20(26-4)18(23)13-19(21)24(16-25)17-10-8-7-9-11-17/h7-11,13-14,16H,5-6,12,15H2,1-4H3. The van der Waals surface area contributed by atoms with Gasteiger partial charge in [0.25, 0.3) is 0 Å². The van der Waals surface area contributed by atoms with E-state index in [0.717, 1.165) is 38.7 Å². The minimum Gasteiger partial charge on any atom is -0.496 e. The fraction of sp³-hybridized carbons (Fsp3) is 0.409. The van der Waals surface area contributed by atoms with Crippen molar-refractivity contribution in [3.05, 3.63) is 46.9 Å². The van der Waals surface area contributed by atoms with Gasteiger partial charge in [-0.2, -0.15) is 0 Å². The minimum absolute atomic E-state index is 0.233. The van der Waals surface area contributed by atoms with Crippen LogP contribution in [0, 0.1) is 5.41 Å². The van der Waals surface area contributed by atoms with Crippen LogP contribution in [0.25, 0.3) is 0 Å². The number of unbranched alkanes of at least 4 members (excludes halogenated alkanes) is 1. The summed E-state index contributed by atoms with van der Waals surface area (Å²) < 4.78 is 6.32. The first-order valence-electron chi connectivity index (χ1n) is 9.21. The predicted octanol–water partition coefficient (Wildman–Crippen LogP) is 7.06. The molecule has 3 nitrogen and oxygen atoms in total. The normalized spacial score (nSPS) is 11.3. The molecule has 0 radical (unpaired) electrons. The Morgan fingerprint density at radius 3 is 2.52 bits per heavy atom. The van der Waals surface area contributed by atoms with Gasteiger partial charge in [0.05, 0.1) is 17.3 Å². The van der Waals surface area contributed by atoms with Crippen LogP contribution in [-0.2, 0) is 4.79 Å². The molecule has 0 fully saturated rings. The number of anilines is 2. The number of methoxy groups -OCH3 is 1. The molecule has 0 aliphatic rings. The van der Waals surface area contributed by atoms with Gasteiger partial charge in [0, 0.05) is 16.3 Å². The largest absolute Gasteiger partial charge is 0.496 e. The van der Waals surface area contributed by atoms with Gasteiger partial charge in [0.2, 0.25) is 6.41 Å². The Labute approximate surface area is 175 Å². The molecule has 146 valence electrons. The smallest absolute Gasteiger partial charge is 0.218 e. The zero-order chi connectivity index (χ0) is 19.9. The fourth-order valence-corrected chi connectivity index (χ4v) is 4.51. The van der Waals surface area contributed by atoms with E-state index >= 15 is 0 Å². The maximum atomic E-state index is 11.9. The summed E-state index contributed by atoms with van der Waals surface area (Å²) in [5.74, 6) is 1.75. The predicted molar refractivity (Wildman–Crippen MR) is 119 cm³/mol. The number of thioether (sulfide) groups is 1. The van der Waals surface area contributed by atoms with E-state index in [0.29, 0.717) is 0 Å². The maximum absolute atomic E-state index is 11.9. The van der Waals surface area contributed by atoms with Crippen molar-refractivity contribution in [1.29, 1.82) is 0 Å². The van der Waals surface area contributed by atoms with Crippen LogP contribution in [0.1, 0.15) is 40.0 Å². The molecule has 2 aromatic carbocycles.